The van der Waals surface area contributed by atoms with Crippen LogP contribution in [0.3, 0.4) is 0 Å². The van der Waals surface area contributed by atoms with Crippen LogP contribution < -0.4 is 4.72 Å². The van der Waals surface area contributed by atoms with Crippen LogP contribution >= 0.6 is 0 Å². The average molecular weight is 295 g/mol. The highest BCUT2D eigenvalue weighted by Gasteiger charge is 2.33. The van der Waals surface area contributed by atoms with Gasteiger partial charge >= 0.3 is 0 Å². The van der Waals surface area contributed by atoms with Gasteiger partial charge in [0.05, 0.1) is 15.5 Å². The molecule has 0 saturated carbocycles. The zero-order chi connectivity index (χ0) is 13.7. The van der Waals surface area contributed by atoms with Gasteiger partial charge in [0.15, 0.2) is 0 Å². The summed E-state index contributed by atoms with van der Waals surface area (Å²) in [5.74, 6) is 0. The summed E-state index contributed by atoms with van der Waals surface area (Å²) in [5, 5.41) is 0. The van der Waals surface area contributed by atoms with Crippen molar-refractivity contribution in [3.63, 3.8) is 0 Å². The molecule has 0 spiro atoms. The first-order chi connectivity index (χ1) is 8.93. The topological polar surface area (TPSA) is 80.3 Å². The third kappa shape index (κ3) is 1.73. The van der Waals surface area contributed by atoms with Crippen molar-refractivity contribution >= 4 is 25.5 Å². The molecule has 0 atom stereocenters. The maximum absolute atomic E-state index is 12.5. The van der Waals surface area contributed by atoms with Crippen molar-refractivity contribution in [1.82, 2.24) is 0 Å². The minimum absolute atomic E-state index is 0.0384. The number of nitrogens with one attached hydrogen (secondary N) is 1. The molecule has 0 aromatic heterocycles. The number of hydrogen-bond acceptors (Lipinski definition) is 4. The summed E-state index contributed by atoms with van der Waals surface area (Å²) in [7, 11) is -7.74. The van der Waals surface area contributed by atoms with E-state index in [1.165, 1.54) is 36.4 Å². The van der Waals surface area contributed by atoms with Gasteiger partial charge in [-0.3, -0.25) is 4.72 Å². The zero-order valence-electron chi connectivity index (χ0n) is 9.57. The lowest BCUT2D eigenvalue weighted by Gasteiger charge is -2.05. The second-order valence-corrected chi connectivity index (χ2v) is 7.59. The lowest BCUT2D eigenvalue weighted by Crippen LogP contribution is -2.12. The largest absolute Gasteiger partial charge is 0.278 e. The highest BCUT2D eigenvalue weighted by Crippen LogP contribution is 2.36. The summed E-state index contributed by atoms with van der Waals surface area (Å²) < 4.78 is 51.6. The predicted octanol–water partition coefficient (Wildman–Crippen LogP) is 1.63. The van der Waals surface area contributed by atoms with Crippen LogP contribution in [0.1, 0.15) is 0 Å². The molecule has 1 heterocycles. The molecule has 1 aliphatic heterocycles. The first-order valence-electron chi connectivity index (χ1n) is 5.39. The lowest BCUT2D eigenvalue weighted by molar-refractivity contribution is 0.588. The third-order valence-electron chi connectivity index (χ3n) is 2.85. The maximum atomic E-state index is 12.5. The fourth-order valence-corrected chi connectivity index (χ4v) is 5.38. The van der Waals surface area contributed by atoms with Gasteiger partial charge < -0.3 is 0 Å². The van der Waals surface area contributed by atoms with Crippen LogP contribution in [-0.4, -0.2) is 16.8 Å². The molecule has 0 aliphatic carbocycles. The first kappa shape index (κ1) is 12.2. The standard InChI is InChI=1S/C12H9NO4S2/c14-18(15)10-6-2-1-5-9(10)13-19(16,17)12-8-4-3-7-11(12)18/h1-8,13H. The second-order valence-electron chi connectivity index (χ2n) is 4.05. The number of fused-ring (bicyclic) bond motifs is 2. The molecule has 2 aromatic rings. The van der Waals surface area contributed by atoms with E-state index < -0.39 is 19.9 Å². The molecule has 0 fully saturated rings. The summed E-state index contributed by atoms with van der Waals surface area (Å²) in [5.41, 5.74) is 0.0682. The van der Waals surface area contributed by atoms with E-state index in [4.69, 9.17) is 0 Å². The molecule has 98 valence electrons. The summed E-state index contributed by atoms with van der Waals surface area (Å²) in [6.45, 7) is 0. The molecule has 1 aliphatic rings. The normalized spacial score (nSPS) is 18.5. The number of para-hydroxylation sites is 1. The van der Waals surface area contributed by atoms with Gasteiger partial charge in [0, 0.05) is 0 Å². The molecule has 5 nitrogen and oxygen atoms in total. The van der Waals surface area contributed by atoms with Gasteiger partial charge in [-0.05, 0) is 24.3 Å². The summed E-state index contributed by atoms with van der Waals surface area (Å²) in [4.78, 5) is -0.470. The Bertz CT molecular complexity index is 870. The Morgan fingerprint density at radius 1 is 0.684 bits per heavy atom. The van der Waals surface area contributed by atoms with Crippen LogP contribution in [0.25, 0.3) is 0 Å². The molecule has 1 N–H and O–H groups in total. The number of anilines is 1. The fraction of sp³-hybridized carbons (Fsp3) is 0. The van der Waals surface area contributed by atoms with Crippen molar-refractivity contribution < 1.29 is 16.8 Å². The van der Waals surface area contributed by atoms with Gasteiger partial charge in [-0.2, -0.15) is 0 Å². The van der Waals surface area contributed by atoms with E-state index in [9.17, 15) is 16.8 Å². The maximum Gasteiger partial charge on any atom is 0.263 e. The van der Waals surface area contributed by atoms with Crippen molar-refractivity contribution in [3.8, 4) is 0 Å². The van der Waals surface area contributed by atoms with E-state index in [-0.39, 0.29) is 20.4 Å². The quantitative estimate of drug-likeness (QED) is 0.801. The summed E-state index contributed by atoms with van der Waals surface area (Å²) in [6.07, 6.45) is 0. The van der Waals surface area contributed by atoms with Gasteiger partial charge in [-0.1, -0.05) is 24.3 Å². The van der Waals surface area contributed by atoms with E-state index in [1.807, 2.05) is 0 Å². The van der Waals surface area contributed by atoms with E-state index in [0.717, 1.165) is 0 Å². The second kappa shape index (κ2) is 3.82. The Morgan fingerprint density at radius 3 is 1.89 bits per heavy atom. The molecule has 2 aromatic carbocycles. The van der Waals surface area contributed by atoms with Crippen LogP contribution in [0.5, 0.6) is 0 Å². The Morgan fingerprint density at radius 2 is 1.21 bits per heavy atom. The van der Waals surface area contributed by atoms with Gasteiger partial charge in [0.2, 0.25) is 9.84 Å². The van der Waals surface area contributed by atoms with E-state index in [2.05, 4.69) is 4.72 Å². The summed E-state index contributed by atoms with van der Waals surface area (Å²) >= 11 is 0. The molecule has 0 saturated heterocycles. The number of benzene rings is 2. The lowest BCUT2D eigenvalue weighted by atomic mass is 10.3. The van der Waals surface area contributed by atoms with Crippen LogP contribution in [0, 0.1) is 0 Å². The van der Waals surface area contributed by atoms with Crippen molar-refractivity contribution in [2.24, 2.45) is 0 Å². The molecule has 0 unspecified atom stereocenters. The van der Waals surface area contributed by atoms with Crippen molar-refractivity contribution in [2.45, 2.75) is 14.7 Å². The first-order valence-corrected chi connectivity index (χ1v) is 8.35. The molecule has 7 heteroatoms. The van der Waals surface area contributed by atoms with Gasteiger partial charge in [0.1, 0.15) is 4.90 Å². The Hall–Kier alpha value is -1.86. The Labute approximate surface area is 110 Å². The monoisotopic (exact) mass is 295 g/mol. The smallest absolute Gasteiger partial charge is 0.263 e. The predicted molar refractivity (Wildman–Crippen MR) is 69.1 cm³/mol. The van der Waals surface area contributed by atoms with Crippen molar-refractivity contribution in [3.05, 3.63) is 48.5 Å². The number of sulfone groups is 1. The SMILES string of the molecule is O=S1(=O)Nc2ccccc2S(=O)(=O)c2ccccc21. The molecular weight excluding hydrogens is 286 g/mol. The Balaban J connectivity index is 2.51. The molecule has 3 rings (SSSR count). The minimum atomic E-state index is -3.89. The number of hydrogen-bond donors (Lipinski definition) is 1. The van der Waals surface area contributed by atoms with Crippen LogP contribution in [-0.2, 0) is 19.9 Å². The highest BCUT2D eigenvalue weighted by atomic mass is 32.2. The van der Waals surface area contributed by atoms with E-state index >= 15 is 0 Å². The van der Waals surface area contributed by atoms with E-state index in [1.54, 1.807) is 12.1 Å². The van der Waals surface area contributed by atoms with Gasteiger partial charge in [0.25, 0.3) is 10.0 Å². The Kier molecular flexibility index (Phi) is 2.45. The minimum Gasteiger partial charge on any atom is -0.278 e. The van der Waals surface area contributed by atoms with E-state index in [0.29, 0.717) is 0 Å². The zero-order valence-corrected chi connectivity index (χ0v) is 11.2. The molecule has 0 radical (unpaired) electrons. The number of rotatable bonds is 0. The molecular formula is C12H9NO4S2. The van der Waals surface area contributed by atoms with Crippen LogP contribution in [0.15, 0.2) is 63.2 Å². The van der Waals surface area contributed by atoms with Gasteiger partial charge in [-0.25, -0.2) is 16.8 Å². The molecule has 0 amide bonds. The average Bonchev–Trinajstić information content (AvgIpc) is 2.44. The third-order valence-corrected chi connectivity index (χ3v) is 6.27. The van der Waals surface area contributed by atoms with Gasteiger partial charge in [-0.15, -0.1) is 0 Å². The van der Waals surface area contributed by atoms with Crippen LogP contribution in [0.2, 0.25) is 0 Å². The number of sulfonamides is 1. The molecule has 0 bridgehead atoms. The summed E-state index contributed by atoms with van der Waals surface area (Å²) in [6, 6.07) is 11.5. The van der Waals surface area contributed by atoms with Crippen molar-refractivity contribution in [2.75, 3.05) is 4.72 Å². The van der Waals surface area contributed by atoms with Crippen molar-refractivity contribution in [1.29, 1.82) is 0 Å². The fourth-order valence-electron chi connectivity index (χ4n) is 2.00. The highest BCUT2D eigenvalue weighted by molar-refractivity contribution is 7.96. The van der Waals surface area contributed by atoms with Crippen LogP contribution in [0.4, 0.5) is 5.69 Å². The molecule has 19 heavy (non-hydrogen) atoms.